The standard InChI is InChI=1S/C51H99NO3/c1-3-5-7-9-11-13-15-17-19-21-23-24-25-26-27-28-29-31-33-35-37-39-41-43-45-47-51(55)52-49(48-53)50(54)46-44-42-40-38-36-34-32-30-22-20-18-16-14-12-10-8-6-4-2/h21,23,44,46,49-50,53-54H,3-20,22,24-43,45,47-48H2,1-2H3,(H,52,55)/b23-21-,46-44+. The van der Waals surface area contributed by atoms with Crippen LogP contribution in [0.2, 0.25) is 0 Å². The van der Waals surface area contributed by atoms with E-state index in [2.05, 4.69) is 31.3 Å². The number of nitrogens with one attached hydrogen (secondary N) is 1. The number of hydrogen-bond acceptors (Lipinski definition) is 3. The van der Waals surface area contributed by atoms with Gasteiger partial charge in [0.05, 0.1) is 18.8 Å². The van der Waals surface area contributed by atoms with Crippen molar-refractivity contribution in [3.8, 4) is 0 Å². The number of aliphatic hydroxyl groups excluding tert-OH is 2. The van der Waals surface area contributed by atoms with E-state index in [4.69, 9.17) is 0 Å². The smallest absolute Gasteiger partial charge is 0.220 e. The molecule has 4 heteroatoms. The number of carbonyl (C=O) groups excluding carboxylic acids is 1. The maximum atomic E-state index is 12.4. The minimum absolute atomic E-state index is 0.0603. The fraction of sp³-hybridized carbons (Fsp3) is 0.902. The van der Waals surface area contributed by atoms with E-state index in [9.17, 15) is 15.0 Å². The van der Waals surface area contributed by atoms with Crippen LogP contribution in [-0.2, 0) is 4.79 Å². The third-order valence-corrected chi connectivity index (χ3v) is 11.7. The first-order valence-electron chi connectivity index (χ1n) is 25.1. The van der Waals surface area contributed by atoms with E-state index in [0.29, 0.717) is 6.42 Å². The van der Waals surface area contributed by atoms with Crippen molar-refractivity contribution in [1.82, 2.24) is 5.32 Å². The van der Waals surface area contributed by atoms with Crippen LogP contribution in [0.5, 0.6) is 0 Å². The van der Waals surface area contributed by atoms with Crippen molar-refractivity contribution < 1.29 is 15.0 Å². The van der Waals surface area contributed by atoms with Crippen LogP contribution in [0.1, 0.15) is 277 Å². The van der Waals surface area contributed by atoms with Crippen LogP contribution in [-0.4, -0.2) is 34.9 Å². The lowest BCUT2D eigenvalue weighted by molar-refractivity contribution is -0.123. The van der Waals surface area contributed by atoms with Gasteiger partial charge in [0.2, 0.25) is 5.91 Å². The molecule has 326 valence electrons. The van der Waals surface area contributed by atoms with Gasteiger partial charge in [0, 0.05) is 6.42 Å². The Morgan fingerprint density at radius 3 is 1.00 bits per heavy atom. The molecule has 55 heavy (non-hydrogen) atoms. The van der Waals surface area contributed by atoms with Gasteiger partial charge in [-0.1, -0.05) is 250 Å². The summed E-state index contributed by atoms with van der Waals surface area (Å²) in [5.74, 6) is -0.0603. The SMILES string of the molecule is CCCCCCCCCC/C=C\CCCCCCCCCCCCCCCC(=O)NC(CO)C(O)/C=C/CCCCCCCCCCCCCCCCCC. The lowest BCUT2D eigenvalue weighted by atomic mass is 10.0. The summed E-state index contributed by atoms with van der Waals surface area (Å²) >= 11 is 0. The normalized spacial score (nSPS) is 13.0. The van der Waals surface area contributed by atoms with Gasteiger partial charge in [0.15, 0.2) is 0 Å². The van der Waals surface area contributed by atoms with Gasteiger partial charge in [0.1, 0.15) is 0 Å². The second kappa shape index (κ2) is 47.2. The molecule has 0 heterocycles. The van der Waals surface area contributed by atoms with Gasteiger partial charge in [-0.05, 0) is 44.9 Å². The van der Waals surface area contributed by atoms with Gasteiger partial charge in [-0.15, -0.1) is 0 Å². The largest absolute Gasteiger partial charge is 0.394 e. The van der Waals surface area contributed by atoms with E-state index >= 15 is 0 Å². The molecule has 0 fully saturated rings. The second-order valence-corrected chi connectivity index (χ2v) is 17.2. The third kappa shape index (κ3) is 43.8. The van der Waals surface area contributed by atoms with E-state index < -0.39 is 12.1 Å². The van der Waals surface area contributed by atoms with Crippen LogP contribution >= 0.6 is 0 Å². The monoisotopic (exact) mass is 774 g/mol. The summed E-state index contributed by atoms with van der Waals surface area (Å²) in [5, 5.41) is 23.1. The lowest BCUT2D eigenvalue weighted by Gasteiger charge is -2.20. The number of allylic oxidation sites excluding steroid dienone is 3. The molecule has 0 aromatic carbocycles. The van der Waals surface area contributed by atoms with Crippen molar-refractivity contribution >= 4 is 5.91 Å². The van der Waals surface area contributed by atoms with Crippen LogP contribution in [0.25, 0.3) is 0 Å². The molecule has 0 aromatic rings. The number of aliphatic hydroxyl groups is 2. The van der Waals surface area contributed by atoms with Crippen molar-refractivity contribution in [2.24, 2.45) is 0 Å². The van der Waals surface area contributed by atoms with Crippen molar-refractivity contribution in [2.45, 2.75) is 289 Å². The molecule has 0 saturated heterocycles. The number of hydrogen-bond donors (Lipinski definition) is 3. The summed E-state index contributed by atoms with van der Waals surface area (Å²) in [5.41, 5.74) is 0. The minimum Gasteiger partial charge on any atom is -0.394 e. The zero-order valence-corrected chi connectivity index (χ0v) is 37.5. The van der Waals surface area contributed by atoms with Crippen molar-refractivity contribution in [2.75, 3.05) is 6.61 Å². The summed E-state index contributed by atoms with van der Waals surface area (Å²) in [6, 6.07) is -0.620. The molecule has 0 aliphatic carbocycles. The first kappa shape index (κ1) is 53.9. The van der Waals surface area contributed by atoms with Crippen LogP contribution < -0.4 is 5.32 Å². The first-order chi connectivity index (χ1) is 27.2. The molecule has 0 saturated carbocycles. The second-order valence-electron chi connectivity index (χ2n) is 17.2. The minimum atomic E-state index is -0.837. The Morgan fingerprint density at radius 1 is 0.418 bits per heavy atom. The first-order valence-corrected chi connectivity index (χ1v) is 25.1. The highest BCUT2D eigenvalue weighted by Gasteiger charge is 2.18. The molecule has 0 spiro atoms. The Labute approximate surface area is 345 Å². The molecule has 3 N–H and O–H groups in total. The van der Waals surface area contributed by atoms with Gasteiger partial charge >= 0.3 is 0 Å². The predicted molar refractivity (Wildman–Crippen MR) is 244 cm³/mol. The van der Waals surface area contributed by atoms with Crippen molar-refractivity contribution in [3.05, 3.63) is 24.3 Å². The molecule has 2 atom stereocenters. The fourth-order valence-electron chi connectivity index (χ4n) is 7.82. The van der Waals surface area contributed by atoms with E-state index in [-0.39, 0.29) is 12.5 Å². The lowest BCUT2D eigenvalue weighted by Crippen LogP contribution is -2.45. The third-order valence-electron chi connectivity index (χ3n) is 11.7. The van der Waals surface area contributed by atoms with E-state index in [0.717, 1.165) is 25.7 Å². The molecular weight excluding hydrogens is 675 g/mol. The molecule has 0 aliphatic rings. The Kier molecular flexibility index (Phi) is 46.3. The average molecular weight is 774 g/mol. The van der Waals surface area contributed by atoms with E-state index in [1.165, 1.54) is 231 Å². The van der Waals surface area contributed by atoms with E-state index in [1.807, 2.05) is 6.08 Å². The Balaban J connectivity index is 3.49. The molecule has 0 aromatic heterocycles. The topological polar surface area (TPSA) is 69.6 Å². The van der Waals surface area contributed by atoms with Crippen LogP contribution in [0, 0.1) is 0 Å². The molecule has 0 bridgehead atoms. The summed E-state index contributed by atoms with van der Waals surface area (Å²) in [4.78, 5) is 12.4. The van der Waals surface area contributed by atoms with Gasteiger partial charge < -0.3 is 15.5 Å². The highest BCUT2D eigenvalue weighted by Crippen LogP contribution is 2.16. The summed E-state index contributed by atoms with van der Waals surface area (Å²) < 4.78 is 0. The van der Waals surface area contributed by atoms with Gasteiger partial charge in [-0.25, -0.2) is 0 Å². The average Bonchev–Trinajstić information content (AvgIpc) is 3.19. The molecule has 0 aliphatic heterocycles. The Hall–Kier alpha value is -1.13. The number of amides is 1. The van der Waals surface area contributed by atoms with Crippen molar-refractivity contribution in [3.63, 3.8) is 0 Å². The molecule has 1 amide bonds. The van der Waals surface area contributed by atoms with Crippen LogP contribution in [0.15, 0.2) is 24.3 Å². The number of rotatable bonds is 46. The quantitative estimate of drug-likeness (QED) is 0.0426. The number of unbranched alkanes of at least 4 members (excludes halogenated alkanes) is 37. The zero-order valence-electron chi connectivity index (χ0n) is 37.5. The molecule has 4 nitrogen and oxygen atoms in total. The molecular formula is C51H99NO3. The molecule has 0 rings (SSSR count). The van der Waals surface area contributed by atoms with E-state index in [1.54, 1.807) is 6.08 Å². The Morgan fingerprint density at radius 2 is 0.691 bits per heavy atom. The Bertz CT molecular complexity index is 795. The molecule has 0 radical (unpaired) electrons. The molecule has 2 unspecified atom stereocenters. The van der Waals surface area contributed by atoms with Crippen LogP contribution in [0.3, 0.4) is 0 Å². The predicted octanol–water partition coefficient (Wildman–Crippen LogP) is 16.0. The highest BCUT2D eigenvalue weighted by molar-refractivity contribution is 5.76. The van der Waals surface area contributed by atoms with Gasteiger partial charge in [-0.3, -0.25) is 4.79 Å². The van der Waals surface area contributed by atoms with Crippen molar-refractivity contribution in [1.29, 1.82) is 0 Å². The van der Waals surface area contributed by atoms with Gasteiger partial charge in [-0.2, -0.15) is 0 Å². The van der Waals surface area contributed by atoms with Gasteiger partial charge in [0.25, 0.3) is 0 Å². The van der Waals surface area contributed by atoms with Crippen LogP contribution in [0.4, 0.5) is 0 Å². The summed E-state index contributed by atoms with van der Waals surface area (Å²) in [6.45, 7) is 4.33. The number of carbonyl (C=O) groups is 1. The summed E-state index contributed by atoms with van der Waals surface area (Å²) in [6.07, 6.45) is 61.7. The fourth-order valence-corrected chi connectivity index (χ4v) is 7.82. The maximum Gasteiger partial charge on any atom is 0.220 e. The summed E-state index contributed by atoms with van der Waals surface area (Å²) in [7, 11) is 0. The highest BCUT2D eigenvalue weighted by atomic mass is 16.3. The zero-order chi connectivity index (χ0) is 40.0. The maximum absolute atomic E-state index is 12.4.